The van der Waals surface area contributed by atoms with Crippen molar-refractivity contribution in [3.05, 3.63) is 147 Å². The number of ether oxygens (including phenoxy) is 2. The Morgan fingerprint density at radius 2 is 1.26 bits per heavy atom. The van der Waals surface area contributed by atoms with Crippen molar-refractivity contribution >= 4 is 112 Å². The third-order valence-electron chi connectivity index (χ3n) is 8.54. The fourth-order valence-electron chi connectivity index (χ4n) is 5.08. The van der Waals surface area contributed by atoms with E-state index in [-0.39, 0.29) is 233 Å². The molecule has 22 nitrogen and oxygen atoms in total. The number of carbonyl (C=O) groups is 6. The number of benzene rings is 3. The molecular weight excluding hydrogens is 1440 g/mol. The van der Waals surface area contributed by atoms with Gasteiger partial charge in [0.1, 0.15) is 29.2 Å². The number of halogens is 7. The first-order valence-corrected chi connectivity index (χ1v) is 23.4. The molecule has 33 heteroatoms. The van der Waals surface area contributed by atoms with Gasteiger partial charge >= 0.3 is 179 Å². The predicted molar refractivity (Wildman–Crippen MR) is 277 cm³/mol. The van der Waals surface area contributed by atoms with Gasteiger partial charge in [-0.2, -0.15) is 9.97 Å². The van der Waals surface area contributed by atoms with Crippen LogP contribution in [0.25, 0.3) is 0 Å². The van der Waals surface area contributed by atoms with Gasteiger partial charge in [0.25, 0.3) is 6.47 Å². The van der Waals surface area contributed by atoms with Crippen LogP contribution >= 0.6 is 50.7 Å². The molecule has 4 heterocycles. The van der Waals surface area contributed by atoms with Gasteiger partial charge in [0.05, 0.1) is 35.6 Å². The van der Waals surface area contributed by atoms with Crippen molar-refractivity contribution in [3.8, 4) is 17.2 Å². The maximum Gasteiger partial charge on any atom is 1.00 e. The van der Waals surface area contributed by atoms with Crippen LogP contribution in [0.15, 0.2) is 97.5 Å². The first-order valence-electron chi connectivity index (χ1n) is 21.1. The second kappa shape index (κ2) is 46.6. The number of carbonyl (C=O) groups excluding carboxylic acids is 6. The van der Waals surface area contributed by atoms with Crippen LogP contribution in [0.1, 0.15) is 54.5 Å². The third kappa shape index (κ3) is 34.1. The second-order valence-corrected chi connectivity index (χ2v) is 15.6. The molecule has 7 rings (SSSR count). The van der Waals surface area contributed by atoms with Crippen molar-refractivity contribution in [3.63, 3.8) is 0 Å². The summed E-state index contributed by atoms with van der Waals surface area (Å²) in [4.78, 5) is 92.2. The Morgan fingerprint density at radius 1 is 0.800 bits per heavy atom. The maximum atomic E-state index is 13.0. The largest absolute Gasteiger partial charge is 1.00 e. The van der Waals surface area contributed by atoms with E-state index in [1.807, 2.05) is 11.9 Å². The topological polar surface area (TPSA) is 293 Å². The third-order valence-corrected chi connectivity index (χ3v) is 9.62. The zero-order valence-electron chi connectivity index (χ0n) is 45.2. The Bertz CT molecular complexity index is 2840. The average molecular weight is 1490 g/mol. The summed E-state index contributed by atoms with van der Waals surface area (Å²) in [6.07, 6.45) is 4.23. The first kappa shape index (κ1) is 81.5. The molecule has 0 saturated heterocycles. The van der Waals surface area contributed by atoms with Gasteiger partial charge in [-0.15, -0.1) is 0 Å². The number of rotatable bonds is 10. The molecule has 1 atom stereocenters. The van der Waals surface area contributed by atoms with Gasteiger partial charge < -0.3 is 54.4 Å². The SMILES string of the molecule is CC(=O)OOC(C)=O.CN1c2nc(Cl)ncc2OCC1c1ccc(F)cc1.CNc1cc(Cl)ncc1O.CNc1nc(Cl)ncc1OCC(=O)c1ccc(F)cc1.O=C(CBr)c1ccc(F)cc1.O=CO[O-].[B-]OC(C)=O.[Cs+].[Cs+].[H-].[Na+]. The number of aromatic hydroxyl groups is 1. The Morgan fingerprint density at radius 3 is 1.69 bits per heavy atom. The van der Waals surface area contributed by atoms with Crippen molar-refractivity contribution in [2.45, 2.75) is 26.8 Å². The van der Waals surface area contributed by atoms with E-state index >= 15 is 0 Å². The minimum atomic E-state index is -0.639. The second-order valence-electron chi connectivity index (χ2n) is 13.9. The Hall–Kier alpha value is -2.74. The number of aromatic nitrogens is 5. The molecule has 3 N–H and O–H groups in total. The van der Waals surface area contributed by atoms with Crippen LogP contribution in [0.3, 0.4) is 0 Å². The van der Waals surface area contributed by atoms with Crippen LogP contribution < -0.4 is 198 Å². The Labute approximate surface area is 623 Å². The molecule has 1 aliphatic heterocycles. The van der Waals surface area contributed by atoms with E-state index in [2.05, 4.69) is 78.8 Å². The molecule has 413 valence electrons. The number of hydrogen-bond acceptors (Lipinski definition) is 22. The van der Waals surface area contributed by atoms with Crippen molar-refractivity contribution in [1.29, 1.82) is 0 Å². The molecule has 0 bridgehead atoms. The smallest absolute Gasteiger partial charge is 1.00 e. The van der Waals surface area contributed by atoms with E-state index in [1.165, 1.54) is 80.0 Å². The Balaban J connectivity index is -0.000000450. The van der Waals surface area contributed by atoms with Gasteiger partial charge in [0.2, 0.25) is 16.5 Å². The first-order chi connectivity index (χ1) is 36.5. The van der Waals surface area contributed by atoms with Gasteiger partial charge in [0, 0.05) is 59.1 Å². The summed E-state index contributed by atoms with van der Waals surface area (Å²) in [7, 11) is 9.57. The summed E-state index contributed by atoms with van der Waals surface area (Å²) in [5, 5.41) is 23.9. The molecule has 6 aromatic rings. The fraction of sp³-hybridized carbons (Fsp3) is 0.213. The standard InChI is InChI=1S/C13H11ClFN3O2.C13H11ClFN3O.C8H6BrFO.C6H7ClN2O.C4H6O4.C2H3BO2.CH2O3.2Cs.Na.H/c1-16-12-11(6-17-13(14)18-12)20-7-10(19)8-2-4-9(15)5-3-8;1-18-10(8-2-4-9(15)5-3-8)7-19-11-6-16-13(14)17-12(11)18;9-5-8(11)6-1-3-7(10)4-2-6;1-8-4-2-6(7)9-3-5(4)10;1-3(5)7-8-4(2)6;1-2(4)5-3;2-1-4-3;;;;/h2-6H,7H2,1H3,(H,16,17,18);2-6,10H,7H2,1H3;1-4H,5H2;2-3,10H,1H3,(H,8,9);1-2H3;1H3;1,3H;;;;/q;;;;;-1;;3*+1;-1/p-1. The van der Waals surface area contributed by atoms with Crippen LogP contribution in [0, 0.1) is 17.5 Å². The number of nitrogens with one attached hydrogen (secondary N) is 2. The summed E-state index contributed by atoms with van der Waals surface area (Å²) >= 11 is 20.0. The quantitative estimate of drug-likeness (QED) is 0.0206. The number of Topliss-reactive ketones (excluding diaryl/α,β-unsaturated/α-hetero) is 2. The molecule has 0 spiro atoms. The molecular formula is C47H46BBrCl3Cs2F3N8NaO14. The van der Waals surface area contributed by atoms with Gasteiger partial charge in [-0.1, -0.05) is 39.7 Å². The summed E-state index contributed by atoms with van der Waals surface area (Å²) < 4.78 is 52.6. The number of pyridine rings is 1. The molecule has 1 unspecified atom stereocenters. The van der Waals surface area contributed by atoms with Crippen LogP contribution in [0.5, 0.6) is 17.2 Å². The predicted octanol–water partition coefficient (Wildman–Crippen LogP) is -1.48. The minimum Gasteiger partial charge on any atom is -1.00 e. The number of likely N-dealkylation sites (N-methyl/N-ethyl adjacent to an activating group) is 1. The van der Waals surface area contributed by atoms with E-state index in [4.69, 9.17) is 59.4 Å². The van der Waals surface area contributed by atoms with Crippen molar-refractivity contribution in [2.24, 2.45) is 0 Å². The number of ketones is 2. The fourth-order valence-corrected chi connectivity index (χ4v) is 5.82. The van der Waals surface area contributed by atoms with Crippen LogP contribution in [0.2, 0.25) is 15.7 Å². The average Bonchev–Trinajstić information content (AvgIpc) is 3.42. The molecule has 3 aromatic heterocycles. The van der Waals surface area contributed by atoms with Crippen LogP contribution in [0.4, 0.5) is 30.5 Å². The van der Waals surface area contributed by atoms with E-state index in [1.54, 1.807) is 38.5 Å². The van der Waals surface area contributed by atoms with Crippen molar-refractivity contribution in [1.82, 2.24) is 24.9 Å². The van der Waals surface area contributed by atoms with Gasteiger partial charge in [0.15, 0.2) is 47.1 Å². The van der Waals surface area contributed by atoms with Crippen molar-refractivity contribution < 1.29 is 250 Å². The normalized spacial score (nSPS) is 10.7. The molecule has 80 heavy (non-hydrogen) atoms. The number of alkyl halides is 1. The molecule has 3 radical (unpaired) electrons. The molecule has 0 aliphatic carbocycles. The van der Waals surface area contributed by atoms with E-state index in [0.717, 1.165) is 19.4 Å². The number of nitrogens with zero attached hydrogens (tertiary/aromatic N) is 6. The zero-order valence-corrected chi connectivity index (χ0v) is 62.6. The van der Waals surface area contributed by atoms with E-state index in [9.17, 15) is 37.1 Å². The number of anilines is 3. The Kier molecular flexibility index (Phi) is 47.5. The van der Waals surface area contributed by atoms with Crippen LogP contribution in [-0.4, -0.2) is 114 Å². The summed E-state index contributed by atoms with van der Waals surface area (Å²) in [6.45, 7) is 3.59. The summed E-state index contributed by atoms with van der Waals surface area (Å²) in [6, 6.07) is 18.6. The maximum absolute atomic E-state index is 13.0. The molecule has 1 aliphatic rings. The summed E-state index contributed by atoms with van der Waals surface area (Å²) in [5.41, 5.74) is 2.44. The monoisotopic (exact) mass is 1490 g/mol. The number of fused-ring (bicyclic) bond motifs is 1. The van der Waals surface area contributed by atoms with E-state index in [0.29, 0.717) is 51.7 Å². The van der Waals surface area contributed by atoms with E-state index < -0.39 is 23.7 Å². The molecule has 0 amide bonds. The summed E-state index contributed by atoms with van der Waals surface area (Å²) in [5.74, 6) is -0.990. The van der Waals surface area contributed by atoms with Gasteiger partial charge in [-0.3, -0.25) is 19.2 Å². The van der Waals surface area contributed by atoms with Gasteiger partial charge in [-0.05, 0) is 89.4 Å². The minimum absolute atomic E-state index is 0. The molecule has 3 aromatic carbocycles. The van der Waals surface area contributed by atoms with Crippen molar-refractivity contribution in [2.75, 3.05) is 55.2 Å². The van der Waals surface area contributed by atoms with Crippen LogP contribution in [-0.2, 0) is 38.5 Å². The molecule has 0 fully saturated rings. The molecule has 0 saturated carbocycles. The number of hydrogen-bond donors (Lipinski definition) is 3. The van der Waals surface area contributed by atoms with Gasteiger partial charge in [-0.25, -0.2) is 47.5 Å². The zero-order chi connectivity index (χ0) is 58.0.